The number of hydrogen-bond donors (Lipinski definition) is 0. The Morgan fingerprint density at radius 3 is 1.73 bits per heavy atom. The molecule has 1 nitrogen and oxygen atoms in total. The van der Waals surface area contributed by atoms with Crippen LogP contribution < -0.4 is 4.90 Å². The molecule has 0 unspecified atom stereocenters. The molecule has 0 amide bonds. The summed E-state index contributed by atoms with van der Waals surface area (Å²) in [5.41, 5.74) is 10.4. The first-order valence-electron chi connectivity index (χ1n) is 8.94. The molecule has 0 N–H and O–H groups in total. The summed E-state index contributed by atoms with van der Waals surface area (Å²) in [6.07, 6.45) is 0. The maximum absolute atomic E-state index is 2.31. The van der Waals surface area contributed by atoms with Crippen LogP contribution in [-0.4, -0.2) is 7.05 Å². The Labute approximate surface area is 154 Å². The van der Waals surface area contributed by atoms with Gasteiger partial charge in [0, 0.05) is 18.4 Å². The van der Waals surface area contributed by atoms with E-state index in [0.29, 0.717) is 0 Å². The summed E-state index contributed by atoms with van der Waals surface area (Å²) in [6, 6.07) is 34.7. The summed E-state index contributed by atoms with van der Waals surface area (Å²) in [5, 5.41) is 0. The van der Waals surface area contributed by atoms with Gasteiger partial charge in [-0.1, -0.05) is 66.7 Å². The van der Waals surface area contributed by atoms with E-state index in [0.717, 1.165) is 0 Å². The Kier molecular flexibility index (Phi) is 3.39. The molecule has 0 fully saturated rings. The summed E-state index contributed by atoms with van der Waals surface area (Å²) in [7, 11) is 2.10. The van der Waals surface area contributed by atoms with Gasteiger partial charge < -0.3 is 4.90 Å². The standard InChI is InChI=1S/C25H19N/c1-26(20-7-3-2-4-8-20)21-14-11-18(12-15-21)19-13-16-24-22-9-5-6-10-23(22)25(24)17-19/h2-17H,1H3. The molecule has 0 aliphatic heterocycles. The monoisotopic (exact) mass is 333 g/mol. The SMILES string of the molecule is CN(c1ccccc1)c1ccc(-c2ccc3c(c2)-c2ccccc2-3)cc1. The zero-order valence-electron chi connectivity index (χ0n) is 14.7. The van der Waals surface area contributed by atoms with Crippen molar-refractivity contribution in [2.24, 2.45) is 0 Å². The van der Waals surface area contributed by atoms with E-state index in [1.54, 1.807) is 0 Å². The van der Waals surface area contributed by atoms with Crippen molar-refractivity contribution in [1.29, 1.82) is 0 Å². The van der Waals surface area contributed by atoms with Crippen molar-refractivity contribution < 1.29 is 0 Å². The number of para-hydroxylation sites is 1. The van der Waals surface area contributed by atoms with Crippen LogP contribution in [0.3, 0.4) is 0 Å². The minimum absolute atomic E-state index is 1.19. The first kappa shape index (κ1) is 15.0. The molecule has 124 valence electrons. The molecular formula is C25H19N. The zero-order valence-corrected chi connectivity index (χ0v) is 14.7. The maximum atomic E-state index is 2.31. The zero-order chi connectivity index (χ0) is 17.5. The second kappa shape index (κ2) is 5.89. The molecular weight excluding hydrogens is 314 g/mol. The van der Waals surface area contributed by atoms with Crippen molar-refractivity contribution in [3.8, 4) is 33.4 Å². The van der Waals surface area contributed by atoms with E-state index >= 15 is 0 Å². The number of rotatable bonds is 3. The van der Waals surface area contributed by atoms with Gasteiger partial charge in [-0.3, -0.25) is 0 Å². The lowest BCUT2D eigenvalue weighted by atomic mass is 9.79. The number of benzene rings is 4. The van der Waals surface area contributed by atoms with E-state index in [1.165, 1.54) is 44.8 Å². The average Bonchev–Trinajstić information content (AvgIpc) is 2.72. The van der Waals surface area contributed by atoms with E-state index in [9.17, 15) is 0 Å². The van der Waals surface area contributed by atoms with Gasteiger partial charge in [0.25, 0.3) is 0 Å². The molecule has 0 spiro atoms. The summed E-state index contributed by atoms with van der Waals surface area (Å²) in [5.74, 6) is 0. The third kappa shape index (κ3) is 2.33. The third-order valence-electron chi connectivity index (χ3n) is 5.26. The van der Waals surface area contributed by atoms with Crippen molar-refractivity contribution in [1.82, 2.24) is 0 Å². The minimum Gasteiger partial charge on any atom is -0.345 e. The highest BCUT2D eigenvalue weighted by Gasteiger charge is 2.21. The van der Waals surface area contributed by atoms with Crippen molar-refractivity contribution in [2.75, 3.05) is 11.9 Å². The molecule has 4 aromatic carbocycles. The average molecular weight is 333 g/mol. The summed E-state index contributed by atoms with van der Waals surface area (Å²) in [6.45, 7) is 0. The third-order valence-corrected chi connectivity index (χ3v) is 5.26. The largest absolute Gasteiger partial charge is 0.345 e. The van der Waals surface area contributed by atoms with Crippen LogP contribution in [0.15, 0.2) is 97.1 Å². The van der Waals surface area contributed by atoms with Crippen molar-refractivity contribution in [3.05, 3.63) is 97.1 Å². The molecule has 1 heteroatoms. The van der Waals surface area contributed by atoms with Gasteiger partial charge in [0.2, 0.25) is 0 Å². The van der Waals surface area contributed by atoms with Gasteiger partial charge in [-0.15, -0.1) is 0 Å². The lowest BCUT2D eigenvalue weighted by Gasteiger charge is -2.24. The van der Waals surface area contributed by atoms with Gasteiger partial charge in [0.05, 0.1) is 0 Å². The number of hydrogen-bond acceptors (Lipinski definition) is 1. The highest BCUT2D eigenvalue weighted by atomic mass is 15.1. The van der Waals surface area contributed by atoms with Crippen LogP contribution in [0.2, 0.25) is 0 Å². The molecule has 1 aliphatic carbocycles. The molecule has 0 atom stereocenters. The van der Waals surface area contributed by atoms with Crippen LogP contribution in [0.25, 0.3) is 33.4 Å². The molecule has 0 saturated carbocycles. The van der Waals surface area contributed by atoms with E-state index in [4.69, 9.17) is 0 Å². The summed E-state index contributed by atoms with van der Waals surface area (Å²) in [4.78, 5) is 2.21. The fraction of sp³-hybridized carbons (Fsp3) is 0.0400. The second-order valence-corrected chi connectivity index (χ2v) is 6.75. The Bertz CT molecular complexity index is 1080. The maximum Gasteiger partial charge on any atom is 0.0408 e. The molecule has 5 rings (SSSR count). The van der Waals surface area contributed by atoms with E-state index in [-0.39, 0.29) is 0 Å². The molecule has 0 heterocycles. The van der Waals surface area contributed by atoms with Crippen molar-refractivity contribution in [2.45, 2.75) is 0 Å². The van der Waals surface area contributed by atoms with Gasteiger partial charge in [-0.25, -0.2) is 0 Å². The minimum atomic E-state index is 1.19. The van der Waals surface area contributed by atoms with Crippen LogP contribution in [0.1, 0.15) is 0 Å². The van der Waals surface area contributed by atoms with Crippen LogP contribution in [0.5, 0.6) is 0 Å². The summed E-state index contributed by atoms with van der Waals surface area (Å²) >= 11 is 0. The molecule has 0 bridgehead atoms. The fourth-order valence-electron chi connectivity index (χ4n) is 3.75. The second-order valence-electron chi connectivity index (χ2n) is 6.75. The molecule has 4 aromatic rings. The van der Waals surface area contributed by atoms with Gasteiger partial charge in [0.1, 0.15) is 0 Å². The Balaban J connectivity index is 1.45. The quantitative estimate of drug-likeness (QED) is 0.352. The fourth-order valence-corrected chi connectivity index (χ4v) is 3.75. The Morgan fingerprint density at radius 1 is 0.462 bits per heavy atom. The molecule has 26 heavy (non-hydrogen) atoms. The van der Waals surface area contributed by atoms with Gasteiger partial charge in [0.15, 0.2) is 0 Å². The van der Waals surface area contributed by atoms with E-state index < -0.39 is 0 Å². The topological polar surface area (TPSA) is 3.24 Å². The normalized spacial score (nSPS) is 11.3. The summed E-state index contributed by atoms with van der Waals surface area (Å²) < 4.78 is 0. The van der Waals surface area contributed by atoms with Crippen LogP contribution in [-0.2, 0) is 0 Å². The van der Waals surface area contributed by atoms with Gasteiger partial charge in [-0.05, 0) is 63.7 Å². The Hall–Kier alpha value is -3.32. The number of fused-ring (bicyclic) bond motifs is 4. The van der Waals surface area contributed by atoms with Crippen molar-refractivity contribution in [3.63, 3.8) is 0 Å². The van der Waals surface area contributed by atoms with Crippen molar-refractivity contribution >= 4 is 11.4 Å². The van der Waals surface area contributed by atoms with Crippen LogP contribution in [0.4, 0.5) is 11.4 Å². The number of anilines is 2. The van der Waals surface area contributed by atoms with E-state index in [2.05, 4.69) is 103 Å². The lowest BCUT2D eigenvalue weighted by molar-refractivity contribution is 1.21. The predicted molar refractivity (Wildman–Crippen MR) is 111 cm³/mol. The molecule has 0 radical (unpaired) electrons. The lowest BCUT2D eigenvalue weighted by Crippen LogP contribution is -2.08. The highest BCUT2D eigenvalue weighted by Crippen LogP contribution is 2.48. The molecule has 0 aromatic heterocycles. The first-order chi connectivity index (χ1) is 12.8. The molecule has 1 aliphatic rings. The smallest absolute Gasteiger partial charge is 0.0408 e. The first-order valence-corrected chi connectivity index (χ1v) is 8.94. The molecule has 0 saturated heterocycles. The van der Waals surface area contributed by atoms with Gasteiger partial charge in [-0.2, -0.15) is 0 Å². The van der Waals surface area contributed by atoms with E-state index in [1.807, 2.05) is 6.07 Å². The van der Waals surface area contributed by atoms with Crippen LogP contribution >= 0.6 is 0 Å². The van der Waals surface area contributed by atoms with Gasteiger partial charge >= 0.3 is 0 Å². The highest BCUT2D eigenvalue weighted by molar-refractivity contribution is 6.03. The number of nitrogens with zero attached hydrogens (tertiary/aromatic N) is 1. The Morgan fingerprint density at radius 2 is 1.00 bits per heavy atom. The van der Waals surface area contributed by atoms with Crippen LogP contribution in [0, 0.1) is 0 Å². The predicted octanol–water partition coefficient (Wildman–Crippen LogP) is 6.77.